The Morgan fingerprint density at radius 2 is 1.76 bits per heavy atom. The van der Waals surface area contributed by atoms with Crippen molar-refractivity contribution in [3.8, 4) is 0 Å². The Kier molecular flexibility index (Phi) is 5.44. The summed E-state index contributed by atoms with van der Waals surface area (Å²) < 4.78 is 2.83. The molecule has 1 unspecified atom stereocenters. The van der Waals surface area contributed by atoms with E-state index in [1.807, 2.05) is 72.2 Å². The van der Waals surface area contributed by atoms with Gasteiger partial charge in [-0.15, -0.1) is 0 Å². The average molecular weight is 507 g/mol. The number of carbonyl (C=O) groups is 2. The predicted octanol–water partition coefficient (Wildman–Crippen LogP) is 3.37. The molecule has 168 valence electrons. The summed E-state index contributed by atoms with van der Waals surface area (Å²) in [6, 6.07) is 13.5. The summed E-state index contributed by atoms with van der Waals surface area (Å²) >= 11 is 3.52. The van der Waals surface area contributed by atoms with E-state index in [-0.39, 0.29) is 0 Å². The standard InChI is InChI=1S/C25H23BrN4O3/c1-29(2)11-15(31)12-30-13-19(17-8-7-14(26)9-21(17)30)23-22(24(32)28-25(23)33)18-10-27-20-6-4-3-5-16(18)20/h3-10,13,15,27,31H,11-12H2,1-2H3,(H,28,32,33). The predicted molar refractivity (Wildman–Crippen MR) is 132 cm³/mol. The van der Waals surface area contributed by atoms with Crippen LogP contribution in [0.15, 0.2) is 59.3 Å². The normalized spacial score (nSPS) is 15.3. The summed E-state index contributed by atoms with van der Waals surface area (Å²) in [4.78, 5) is 31.1. The number of nitrogens with one attached hydrogen (secondary N) is 2. The van der Waals surface area contributed by atoms with Crippen molar-refractivity contribution >= 4 is 60.7 Å². The van der Waals surface area contributed by atoms with Gasteiger partial charge in [0.1, 0.15) is 0 Å². The second kappa shape index (κ2) is 8.30. The number of fused-ring (bicyclic) bond motifs is 2. The zero-order chi connectivity index (χ0) is 23.3. The molecule has 0 saturated carbocycles. The van der Waals surface area contributed by atoms with E-state index in [1.54, 1.807) is 6.20 Å². The van der Waals surface area contributed by atoms with E-state index in [4.69, 9.17) is 0 Å². The molecule has 0 spiro atoms. The maximum Gasteiger partial charge on any atom is 0.259 e. The summed E-state index contributed by atoms with van der Waals surface area (Å²) in [6.07, 6.45) is 3.04. The van der Waals surface area contributed by atoms with Crippen molar-refractivity contribution in [2.24, 2.45) is 0 Å². The highest BCUT2D eigenvalue weighted by molar-refractivity contribution is 9.10. The number of imide groups is 1. The van der Waals surface area contributed by atoms with E-state index in [0.717, 1.165) is 26.3 Å². The number of aliphatic hydroxyl groups excluding tert-OH is 1. The van der Waals surface area contributed by atoms with Crippen molar-refractivity contribution in [2.75, 3.05) is 20.6 Å². The summed E-state index contributed by atoms with van der Waals surface area (Å²) in [7, 11) is 3.82. The first-order chi connectivity index (χ1) is 15.8. The zero-order valence-electron chi connectivity index (χ0n) is 18.2. The summed E-state index contributed by atoms with van der Waals surface area (Å²) in [5.41, 5.74) is 3.82. The Hall–Kier alpha value is -3.20. The van der Waals surface area contributed by atoms with Crippen LogP contribution in [0, 0.1) is 0 Å². The molecule has 5 rings (SSSR count). The third kappa shape index (κ3) is 3.80. The number of nitrogens with zero attached hydrogens (tertiary/aromatic N) is 2. The lowest BCUT2D eigenvalue weighted by Crippen LogP contribution is -2.29. The number of para-hydroxylation sites is 1. The number of likely N-dealkylation sites (N-methyl/N-ethyl adjacent to an activating group) is 1. The number of aromatic nitrogens is 2. The molecule has 0 radical (unpaired) electrons. The molecule has 8 heteroatoms. The molecular formula is C25H23BrN4O3. The molecule has 2 aromatic carbocycles. The van der Waals surface area contributed by atoms with Gasteiger partial charge in [0.2, 0.25) is 0 Å². The molecule has 7 nitrogen and oxygen atoms in total. The van der Waals surface area contributed by atoms with Crippen LogP contribution in [0.3, 0.4) is 0 Å². The molecule has 2 amide bonds. The van der Waals surface area contributed by atoms with Crippen LogP contribution in [-0.4, -0.2) is 58.1 Å². The fourth-order valence-electron chi connectivity index (χ4n) is 4.57. The Bertz CT molecular complexity index is 1450. The van der Waals surface area contributed by atoms with Crippen LogP contribution in [0.4, 0.5) is 0 Å². The minimum atomic E-state index is -0.594. The van der Waals surface area contributed by atoms with Gasteiger partial charge in [0.15, 0.2) is 0 Å². The number of aromatic amines is 1. The van der Waals surface area contributed by atoms with E-state index >= 15 is 0 Å². The van der Waals surface area contributed by atoms with Crippen LogP contribution in [-0.2, 0) is 16.1 Å². The lowest BCUT2D eigenvalue weighted by Gasteiger charge is -2.17. The highest BCUT2D eigenvalue weighted by Gasteiger charge is 2.35. The molecule has 33 heavy (non-hydrogen) atoms. The number of carbonyl (C=O) groups excluding carboxylic acids is 2. The van der Waals surface area contributed by atoms with Gasteiger partial charge in [-0.25, -0.2) is 0 Å². The number of amides is 2. The highest BCUT2D eigenvalue weighted by atomic mass is 79.9. The highest BCUT2D eigenvalue weighted by Crippen LogP contribution is 2.38. The maximum absolute atomic E-state index is 13.0. The van der Waals surface area contributed by atoms with E-state index in [0.29, 0.717) is 35.4 Å². The van der Waals surface area contributed by atoms with Gasteiger partial charge in [0, 0.05) is 62.9 Å². The van der Waals surface area contributed by atoms with Gasteiger partial charge < -0.3 is 19.6 Å². The molecule has 3 N–H and O–H groups in total. The summed E-state index contributed by atoms with van der Waals surface area (Å²) in [6.45, 7) is 0.863. The summed E-state index contributed by atoms with van der Waals surface area (Å²) in [5.74, 6) is -0.832. The van der Waals surface area contributed by atoms with Gasteiger partial charge in [-0.05, 0) is 32.3 Å². The number of H-pyrrole nitrogens is 1. The first kappa shape index (κ1) is 21.6. The SMILES string of the molecule is CN(C)CC(O)Cn1cc(C2=C(c3c[nH]c4ccccc34)C(=O)NC2=O)c2ccc(Br)cc21. The second-order valence-corrected chi connectivity index (χ2v) is 9.47. The molecule has 2 aromatic heterocycles. The number of hydrogen-bond donors (Lipinski definition) is 3. The lowest BCUT2D eigenvalue weighted by atomic mass is 9.95. The van der Waals surface area contributed by atoms with Crippen LogP contribution < -0.4 is 5.32 Å². The number of aliphatic hydroxyl groups is 1. The van der Waals surface area contributed by atoms with Crippen molar-refractivity contribution in [1.29, 1.82) is 0 Å². The Morgan fingerprint density at radius 1 is 1.03 bits per heavy atom. The van der Waals surface area contributed by atoms with Crippen LogP contribution in [0.5, 0.6) is 0 Å². The fourth-order valence-corrected chi connectivity index (χ4v) is 4.92. The van der Waals surface area contributed by atoms with E-state index in [2.05, 4.69) is 26.2 Å². The van der Waals surface area contributed by atoms with Gasteiger partial charge in [0.05, 0.1) is 17.3 Å². The topological polar surface area (TPSA) is 90.4 Å². The molecule has 0 saturated heterocycles. The van der Waals surface area contributed by atoms with Crippen LogP contribution in [0.2, 0.25) is 0 Å². The zero-order valence-corrected chi connectivity index (χ0v) is 19.8. The summed E-state index contributed by atoms with van der Waals surface area (Å²) in [5, 5.41) is 14.8. The molecule has 4 aromatic rings. The van der Waals surface area contributed by atoms with Gasteiger partial charge in [0.25, 0.3) is 11.8 Å². The molecule has 1 atom stereocenters. The van der Waals surface area contributed by atoms with Gasteiger partial charge >= 0.3 is 0 Å². The maximum atomic E-state index is 13.0. The molecule has 0 bridgehead atoms. The molecule has 1 aliphatic rings. The quantitative estimate of drug-likeness (QED) is 0.349. The molecule has 0 fully saturated rings. The van der Waals surface area contributed by atoms with Gasteiger partial charge in [-0.1, -0.05) is 40.2 Å². The Labute approximate surface area is 198 Å². The van der Waals surface area contributed by atoms with E-state index in [1.165, 1.54) is 0 Å². The molecule has 3 heterocycles. The third-order valence-electron chi connectivity index (χ3n) is 5.89. The number of rotatable bonds is 6. The van der Waals surface area contributed by atoms with Gasteiger partial charge in [-0.3, -0.25) is 14.9 Å². The van der Waals surface area contributed by atoms with Crippen LogP contribution in [0.25, 0.3) is 33.0 Å². The van der Waals surface area contributed by atoms with Crippen molar-refractivity contribution in [3.63, 3.8) is 0 Å². The molecule has 0 aliphatic carbocycles. The Balaban J connectivity index is 1.73. The monoisotopic (exact) mass is 506 g/mol. The van der Waals surface area contributed by atoms with E-state index < -0.39 is 17.9 Å². The third-order valence-corrected chi connectivity index (χ3v) is 6.38. The largest absolute Gasteiger partial charge is 0.390 e. The minimum absolute atomic E-state index is 0.345. The first-order valence-corrected chi connectivity index (χ1v) is 11.4. The molecule has 1 aliphatic heterocycles. The van der Waals surface area contributed by atoms with Crippen LogP contribution >= 0.6 is 15.9 Å². The lowest BCUT2D eigenvalue weighted by molar-refractivity contribution is -0.122. The Morgan fingerprint density at radius 3 is 2.52 bits per heavy atom. The average Bonchev–Trinajstić information content (AvgIpc) is 3.40. The number of halogens is 1. The minimum Gasteiger partial charge on any atom is -0.390 e. The fraction of sp³-hybridized carbons (Fsp3) is 0.200. The van der Waals surface area contributed by atoms with Crippen LogP contribution in [0.1, 0.15) is 11.1 Å². The van der Waals surface area contributed by atoms with Gasteiger partial charge in [-0.2, -0.15) is 0 Å². The van der Waals surface area contributed by atoms with Crippen molar-refractivity contribution in [1.82, 2.24) is 19.8 Å². The number of hydrogen-bond acceptors (Lipinski definition) is 4. The van der Waals surface area contributed by atoms with E-state index in [9.17, 15) is 14.7 Å². The van der Waals surface area contributed by atoms with Crippen molar-refractivity contribution < 1.29 is 14.7 Å². The molecular weight excluding hydrogens is 484 g/mol. The van der Waals surface area contributed by atoms with Crippen molar-refractivity contribution in [2.45, 2.75) is 12.6 Å². The number of benzene rings is 2. The second-order valence-electron chi connectivity index (χ2n) is 8.55. The first-order valence-electron chi connectivity index (χ1n) is 10.6. The smallest absolute Gasteiger partial charge is 0.259 e. The van der Waals surface area contributed by atoms with Crippen molar-refractivity contribution in [3.05, 3.63) is 70.5 Å².